The van der Waals surface area contributed by atoms with E-state index >= 15 is 0 Å². The van der Waals surface area contributed by atoms with Gasteiger partial charge in [-0.3, -0.25) is 4.79 Å². The van der Waals surface area contributed by atoms with Crippen molar-refractivity contribution in [2.45, 2.75) is 37.8 Å². The van der Waals surface area contributed by atoms with E-state index in [1.54, 1.807) is 12.3 Å². The molecular weight excluding hydrogens is 270 g/mol. The fourth-order valence-corrected chi connectivity index (χ4v) is 3.83. The van der Waals surface area contributed by atoms with Crippen LogP contribution in [0.4, 0.5) is 0 Å². The molecule has 2 fully saturated rings. The van der Waals surface area contributed by atoms with Crippen molar-refractivity contribution in [3.8, 4) is 0 Å². The fraction of sp³-hybridized carbons (Fsp3) is 0.533. The Kier molecular flexibility index (Phi) is 2.92. The molecule has 110 valence electrons. The van der Waals surface area contributed by atoms with Crippen molar-refractivity contribution in [2.24, 2.45) is 5.92 Å². The van der Waals surface area contributed by atoms with Crippen LogP contribution in [0.5, 0.6) is 0 Å². The predicted molar refractivity (Wildman–Crippen MR) is 74.6 cm³/mol. The second kappa shape index (κ2) is 4.80. The number of hydrogen-bond donors (Lipinski definition) is 1. The minimum absolute atomic E-state index is 0.0885. The van der Waals surface area contributed by atoms with Crippen LogP contribution in [0.15, 0.2) is 22.9 Å². The summed E-state index contributed by atoms with van der Waals surface area (Å²) < 4.78 is 5.25. The van der Waals surface area contributed by atoms with Gasteiger partial charge in [0.05, 0.1) is 5.39 Å². The Morgan fingerprint density at radius 3 is 2.86 bits per heavy atom. The molecular formula is C15H17N3O3. The summed E-state index contributed by atoms with van der Waals surface area (Å²) in [5, 5.41) is 13.9. The highest BCUT2D eigenvalue weighted by Gasteiger charge is 2.44. The van der Waals surface area contributed by atoms with Crippen LogP contribution in [-0.2, 0) is 0 Å². The van der Waals surface area contributed by atoms with E-state index in [0.717, 1.165) is 25.7 Å². The highest BCUT2D eigenvalue weighted by molar-refractivity contribution is 6.03. The first kappa shape index (κ1) is 12.8. The number of rotatable bonds is 2. The molecule has 0 saturated carbocycles. The molecule has 4 heterocycles. The van der Waals surface area contributed by atoms with Crippen LogP contribution >= 0.6 is 0 Å². The smallest absolute Gasteiger partial charge is 0.293 e. The molecule has 0 spiro atoms. The van der Waals surface area contributed by atoms with Gasteiger partial charge in [-0.25, -0.2) is 4.98 Å². The number of aliphatic hydroxyl groups is 1. The second-order valence-corrected chi connectivity index (χ2v) is 6.00. The van der Waals surface area contributed by atoms with Crippen molar-refractivity contribution in [2.75, 3.05) is 6.61 Å². The van der Waals surface area contributed by atoms with Crippen LogP contribution in [0.25, 0.3) is 11.0 Å². The summed E-state index contributed by atoms with van der Waals surface area (Å²) in [7, 11) is 0. The average Bonchev–Trinajstić information content (AvgIpc) is 3.05. The van der Waals surface area contributed by atoms with Gasteiger partial charge in [0.15, 0.2) is 0 Å². The quantitative estimate of drug-likeness (QED) is 0.907. The van der Waals surface area contributed by atoms with Crippen molar-refractivity contribution in [1.29, 1.82) is 0 Å². The number of piperidine rings is 1. The summed E-state index contributed by atoms with van der Waals surface area (Å²) in [6, 6.07) is 4.02. The first-order valence-corrected chi connectivity index (χ1v) is 7.42. The summed E-state index contributed by atoms with van der Waals surface area (Å²) in [4.78, 5) is 18.9. The average molecular weight is 287 g/mol. The lowest BCUT2D eigenvalue weighted by Gasteiger charge is -2.37. The normalized spacial score (nSPS) is 28.2. The number of fused-ring (bicyclic) bond motifs is 3. The van der Waals surface area contributed by atoms with Gasteiger partial charge in [-0.2, -0.15) is 0 Å². The molecule has 3 atom stereocenters. The van der Waals surface area contributed by atoms with Gasteiger partial charge in [0.2, 0.25) is 11.4 Å². The Balaban J connectivity index is 1.67. The molecule has 0 aromatic carbocycles. The lowest BCUT2D eigenvalue weighted by molar-refractivity contribution is 0.0419. The zero-order valence-corrected chi connectivity index (χ0v) is 11.6. The predicted octanol–water partition coefficient (Wildman–Crippen LogP) is 1.60. The zero-order valence-electron chi connectivity index (χ0n) is 11.6. The van der Waals surface area contributed by atoms with E-state index in [0.29, 0.717) is 17.0 Å². The number of nitrogens with zero attached hydrogens (tertiary/aromatic N) is 3. The van der Waals surface area contributed by atoms with Crippen LogP contribution in [0.1, 0.15) is 36.2 Å². The molecule has 6 nitrogen and oxygen atoms in total. The first-order valence-electron chi connectivity index (χ1n) is 7.42. The highest BCUT2D eigenvalue weighted by Crippen LogP contribution is 2.39. The lowest BCUT2D eigenvalue weighted by atomic mass is 9.91. The van der Waals surface area contributed by atoms with Gasteiger partial charge in [-0.1, -0.05) is 5.16 Å². The maximum absolute atomic E-state index is 12.8. The van der Waals surface area contributed by atoms with Crippen molar-refractivity contribution >= 4 is 16.9 Å². The van der Waals surface area contributed by atoms with Crippen molar-refractivity contribution in [3.05, 3.63) is 24.1 Å². The van der Waals surface area contributed by atoms with Gasteiger partial charge < -0.3 is 14.5 Å². The van der Waals surface area contributed by atoms with Gasteiger partial charge in [0, 0.05) is 24.9 Å². The topological polar surface area (TPSA) is 79.5 Å². The lowest BCUT2D eigenvalue weighted by Crippen LogP contribution is -2.47. The Bertz CT molecular complexity index is 670. The third-order valence-corrected chi connectivity index (χ3v) is 4.77. The van der Waals surface area contributed by atoms with Crippen LogP contribution < -0.4 is 0 Å². The summed E-state index contributed by atoms with van der Waals surface area (Å²) in [5.41, 5.74) is 0.471. The standard InChI is InChI=1S/C15H17N3O3/c19-8-9-6-10-3-4-11(7-9)18(10)15(20)13-12-2-1-5-16-14(12)17-21-13/h1-2,5,9-11,19H,3-4,6-8H2/t9?,10-,11+. The third kappa shape index (κ3) is 1.93. The SMILES string of the molecule is O=C(c1onc2ncccc12)N1[C@@H]2CC[C@H]1CC(CO)C2. The number of aliphatic hydroxyl groups excluding tert-OH is 1. The first-order chi connectivity index (χ1) is 10.3. The Labute approximate surface area is 121 Å². The van der Waals surface area contributed by atoms with Gasteiger partial charge in [-0.15, -0.1) is 0 Å². The van der Waals surface area contributed by atoms with E-state index < -0.39 is 0 Å². The minimum Gasteiger partial charge on any atom is -0.396 e. The Morgan fingerprint density at radius 1 is 1.38 bits per heavy atom. The van der Waals surface area contributed by atoms with Gasteiger partial charge >= 0.3 is 0 Å². The van der Waals surface area contributed by atoms with Crippen LogP contribution in [0, 0.1) is 5.92 Å². The molecule has 4 rings (SSSR count). The van der Waals surface area contributed by atoms with E-state index in [1.165, 1.54) is 0 Å². The van der Waals surface area contributed by atoms with E-state index in [4.69, 9.17) is 4.52 Å². The molecule has 2 aromatic heterocycles. The van der Waals surface area contributed by atoms with E-state index in [1.807, 2.05) is 11.0 Å². The number of pyridine rings is 1. The monoisotopic (exact) mass is 287 g/mol. The van der Waals surface area contributed by atoms with E-state index in [9.17, 15) is 9.90 Å². The third-order valence-electron chi connectivity index (χ3n) is 4.77. The zero-order chi connectivity index (χ0) is 14.4. The number of hydrogen-bond acceptors (Lipinski definition) is 5. The maximum atomic E-state index is 12.8. The van der Waals surface area contributed by atoms with Crippen LogP contribution in [-0.4, -0.2) is 44.7 Å². The molecule has 1 amide bonds. The summed E-state index contributed by atoms with van der Waals surface area (Å²) in [6.45, 7) is 0.212. The molecule has 1 unspecified atom stereocenters. The largest absolute Gasteiger partial charge is 0.396 e. The van der Waals surface area contributed by atoms with Crippen molar-refractivity contribution in [3.63, 3.8) is 0 Å². The molecule has 2 bridgehead atoms. The Hall–Kier alpha value is -1.95. The summed E-state index contributed by atoms with van der Waals surface area (Å²) >= 11 is 0. The molecule has 6 heteroatoms. The molecule has 2 aliphatic rings. The number of amides is 1. The summed E-state index contributed by atoms with van der Waals surface area (Å²) in [5.74, 6) is 0.520. The van der Waals surface area contributed by atoms with Gasteiger partial charge in [0.25, 0.3) is 5.91 Å². The van der Waals surface area contributed by atoms with E-state index in [-0.39, 0.29) is 30.4 Å². The molecule has 21 heavy (non-hydrogen) atoms. The molecule has 2 aliphatic heterocycles. The van der Waals surface area contributed by atoms with Crippen LogP contribution in [0.3, 0.4) is 0 Å². The minimum atomic E-state index is -0.0885. The number of carbonyl (C=O) groups excluding carboxylic acids is 1. The van der Waals surface area contributed by atoms with Crippen molar-refractivity contribution < 1.29 is 14.4 Å². The molecule has 0 aliphatic carbocycles. The summed E-state index contributed by atoms with van der Waals surface area (Å²) in [6.07, 6.45) is 5.41. The van der Waals surface area contributed by atoms with E-state index in [2.05, 4.69) is 10.1 Å². The molecule has 0 radical (unpaired) electrons. The molecule has 2 saturated heterocycles. The maximum Gasteiger partial charge on any atom is 0.293 e. The van der Waals surface area contributed by atoms with Crippen molar-refractivity contribution in [1.82, 2.24) is 15.0 Å². The number of carbonyl (C=O) groups is 1. The number of aromatic nitrogens is 2. The molecule has 1 N–H and O–H groups in total. The molecule has 2 aromatic rings. The van der Waals surface area contributed by atoms with Gasteiger partial charge in [-0.05, 0) is 43.7 Å². The van der Waals surface area contributed by atoms with Gasteiger partial charge in [0.1, 0.15) is 0 Å². The fourth-order valence-electron chi connectivity index (χ4n) is 3.83. The Morgan fingerprint density at radius 2 is 2.14 bits per heavy atom. The second-order valence-electron chi connectivity index (χ2n) is 6.00. The van der Waals surface area contributed by atoms with Crippen LogP contribution in [0.2, 0.25) is 0 Å². The highest BCUT2D eigenvalue weighted by atomic mass is 16.5.